The fourth-order valence-corrected chi connectivity index (χ4v) is 2.11. The highest BCUT2D eigenvalue weighted by Gasteiger charge is 2.06. The maximum Gasteiger partial charge on any atom is 0.121 e. The van der Waals surface area contributed by atoms with Crippen LogP contribution in [0.1, 0.15) is 37.5 Å². The Bertz CT molecular complexity index is 576. The molecule has 0 spiro atoms. The van der Waals surface area contributed by atoms with Crippen molar-refractivity contribution in [2.75, 3.05) is 0 Å². The summed E-state index contributed by atoms with van der Waals surface area (Å²) >= 11 is 0. The van der Waals surface area contributed by atoms with Gasteiger partial charge in [-0.2, -0.15) is 0 Å². The zero-order valence-corrected chi connectivity index (χ0v) is 12.5. The van der Waals surface area contributed by atoms with Gasteiger partial charge in [-0.25, -0.2) is 0 Å². The average molecular weight is 283 g/mol. The molecule has 2 aromatic carbocycles. The van der Waals surface area contributed by atoms with Crippen LogP contribution in [0.15, 0.2) is 59.8 Å². The molecule has 0 amide bonds. The van der Waals surface area contributed by atoms with Gasteiger partial charge in [-0.3, -0.25) is 0 Å². The minimum absolute atomic E-state index is 0.0285. The predicted molar refractivity (Wildman–Crippen MR) is 85.1 cm³/mol. The van der Waals surface area contributed by atoms with Crippen molar-refractivity contribution in [3.63, 3.8) is 0 Å². The Morgan fingerprint density at radius 2 is 1.76 bits per heavy atom. The largest absolute Gasteiger partial charge is 0.486 e. The van der Waals surface area contributed by atoms with E-state index in [0.29, 0.717) is 0 Å². The summed E-state index contributed by atoms with van der Waals surface area (Å²) in [6, 6.07) is 18.2. The van der Waals surface area contributed by atoms with Crippen molar-refractivity contribution >= 4 is 5.71 Å². The second kappa shape index (κ2) is 7.48. The molecule has 1 N–H and O–H groups in total. The predicted octanol–water partition coefficient (Wildman–Crippen LogP) is 4.61. The van der Waals surface area contributed by atoms with Gasteiger partial charge < -0.3 is 9.94 Å². The summed E-state index contributed by atoms with van der Waals surface area (Å²) in [5.74, 6) is 0.864. The first kappa shape index (κ1) is 15.1. The summed E-state index contributed by atoms with van der Waals surface area (Å²) in [5, 5.41) is 11.8. The van der Waals surface area contributed by atoms with Crippen molar-refractivity contribution in [1.82, 2.24) is 0 Å². The number of ether oxygens (including phenoxy) is 1. The van der Waals surface area contributed by atoms with Crippen molar-refractivity contribution in [3.05, 3.63) is 65.7 Å². The number of hydrogen-bond donors (Lipinski definition) is 1. The lowest BCUT2D eigenvalue weighted by Gasteiger charge is -2.15. The molecule has 0 aliphatic rings. The number of aryl methyl sites for hydroxylation is 1. The number of oxime groups is 1. The first-order valence-corrected chi connectivity index (χ1v) is 7.17. The SMILES string of the molecule is CC(CCc1ccc(OC(C)c2ccccc2)cc1)=NO. The summed E-state index contributed by atoms with van der Waals surface area (Å²) in [7, 11) is 0. The van der Waals surface area contributed by atoms with E-state index in [4.69, 9.17) is 9.94 Å². The topological polar surface area (TPSA) is 41.8 Å². The van der Waals surface area contributed by atoms with Crippen LogP contribution in [0.2, 0.25) is 0 Å². The molecule has 0 bridgehead atoms. The van der Waals surface area contributed by atoms with Crippen LogP contribution < -0.4 is 4.74 Å². The van der Waals surface area contributed by atoms with Gasteiger partial charge in [0.1, 0.15) is 11.9 Å². The zero-order chi connectivity index (χ0) is 15.1. The molecule has 3 nitrogen and oxygen atoms in total. The number of benzene rings is 2. The van der Waals surface area contributed by atoms with Gasteiger partial charge in [0.05, 0.1) is 5.71 Å². The van der Waals surface area contributed by atoms with E-state index >= 15 is 0 Å². The van der Waals surface area contributed by atoms with Gasteiger partial charge in [-0.1, -0.05) is 47.6 Å². The molecule has 0 heterocycles. The summed E-state index contributed by atoms with van der Waals surface area (Å²) in [6.07, 6.45) is 1.66. The van der Waals surface area contributed by atoms with Crippen LogP contribution in [0.3, 0.4) is 0 Å². The third kappa shape index (κ3) is 4.63. The molecule has 0 aliphatic carbocycles. The van der Waals surface area contributed by atoms with Crippen molar-refractivity contribution in [1.29, 1.82) is 0 Å². The van der Waals surface area contributed by atoms with Crippen molar-refractivity contribution < 1.29 is 9.94 Å². The molecule has 2 aromatic rings. The first-order chi connectivity index (χ1) is 10.2. The standard InChI is InChI=1S/C18H21NO2/c1-14(19-20)8-9-16-10-12-18(13-11-16)21-15(2)17-6-4-3-5-7-17/h3-7,10-13,15,20H,8-9H2,1-2H3. The number of hydrogen-bond acceptors (Lipinski definition) is 3. The number of nitrogens with zero attached hydrogens (tertiary/aromatic N) is 1. The Balaban J connectivity index is 1.93. The molecule has 0 aliphatic heterocycles. The van der Waals surface area contributed by atoms with Gasteiger partial charge in [0.15, 0.2) is 0 Å². The molecule has 0 fully saturated rings. The van der Waals surface area contributed by atoms with Crippen LogP contribution in [-0.2, 0) is 6.42 Å². The minimum Gasteiger partial charge on any atom is -0.486 e. The molecule has 1 unspecified atom stereocenters. The first-order valence-electron chi connectivity index (χ1n) is 7.17. The van der Waals surface area contributed by atoms with E-state index in [1.165, 1.54) is 5.56 Å². The molecule has 0 saturated heterocycles. The van der Waals surface area contributed by atoms with Crippen LogP contribution in [0.5, 0.6) is 5.75 Å². The van der Waals surface area contributed by atoms with Crippen molar-refractivity contribution in [2.24, 2.45) is 5.16 Å². The van der Waals surface area contributed by atoms with Crippen molar-refractivity contribution in [2.45, 2.75) is 32.8 Å². The lowest BCUT2D eigenvalue weighted by atomic mass is 10.1. The minimum atomic E-state index is 0.0285. The third-order valence-electron chi connectivity index (χ3n) is 3.45. The second-order valence-electron chi connectivity index (χ2n) is 5.15. The molecule has 0 radical (unpaired) electrons. The molecule has 1 atom stereocenters. The van der Waals surface area contributed by atoms with Crippen LogP contribution in [0, 0.1) is 0 Å². The van der Waals surface area contributed by atoms with Crippen LogP contribution in [0.25, 0.3) is 0 Å². The van der Waals surface area contributed by atoms with Gasteiger partial charge in [0.2, 0.25) is 0 Å². The highest BCUT2D eigenvalue weighted by Crippen LogP contribution is 2.22. The Morgan fingerprint density at radius 3 is 2.38 bits per heavy atom. The van der Waals surface area contributed by atoms with Crippen LogP contribution in [-0.4, -0.2) is 10.9 Å². The van der Waals surface area contributed by atoms with Gasteiger partial charge in [0, 0.05) is 0 Å². The van der Waals surface area contributed by atoms with Gasteiger partial charge in [0.25, 0.3) is 0 Å². The highest BCUT2D eigenvalue weighted by molar-refractivity contribution is 5.81. The summed E-state index contributed by atoms with van der Waals surface area (Å²) in [4.78, 5) is 0. The highest BCUT2D eigenvalue weighted by atomic mass is 16.5. The van der Waals surface area contributed by atoms with Crippen LogP contribution >= 0.6 is 0 Å². The van der Waals surface area contributed by atoms with Gasteiger partial charge >= 0.3 is 0 Å². The Kier molecular flexibility index (Phi) is 5.38. The van der Waals surface area contributed by atoms with Gasteiger partial charge in [-0.05, 0) is 49.9 Å². The smallest absolute Gasteiger partial charge is 0.121 e. The zero-order valence-electron chi connectivity index (χ0n) is 12.5. The van der Waals surface area contributed by atoms with Crippen molar-refractivity contribution in [3.8, 4) is 5.75 Å². The summed E-state index contributed by atoms with van der Waals surface area (Å²) in [5.41, 5.74) is 3.11. The summed E-state index contributed by atoms with van der Waals surface area (Å²) < 4.78 is 5.94. The molecule has 0 saturated carbocycles. The lowest BCUT2D eigenvalue weighted by molar-refractivity contribution is 0.227. The van der Waals surface area contributed by atoms with E-state index in [1.54, 1.807) is 0 Å². The molecule has 2 rings (SSSR count). The van der Waals surface area contributed by atoms with E-state index in [-0.39, 0.29) is 6.10 Å². The Morgan fingerprint density at radius 1 is 1.10 bits per heavy atom. The molecule has 3 heteroatoms. The molecular formula is C18H21NO2. The fourth-order valence-electron chi connectivity index (χ4n) is 2.11. The molecule has 0 aromatic heterocycles. The fraction of sp³-hybridized carbons (Fsp3) is 0.278. The normalized spacial score (nSPS) is 13.0. The average Bonchev–Trinajstić information content (AvgIpc) is 2.54. The van der Waals surface area contributed by atoms with E-state index < -0.39 is 0 Å². The number of rotatable bonds is 6. The Labute approximate surface area is 125 Å². The third-order valence-corrected chi connectivity index (χ3v) is 3.45. The van der Waals surface area contributed by atoms with E-state index in [0.717, 1.165) is 29.9 Å². The van der Waals surface area contributed by atoms with Crippen LogP contribution in [0.4, 0.5) is 0 Å². The van der Waals surface area contributed by atoms with Gasteiger partial charge in [-0.15, -0.1) is 0 Å². The molecule has 110 valence electrons. The molecule has 21 heavy (non-hydrogen) atoms. The lowest BCUT2D eigenvalue weighted by Crippen LogP contribution is -2.02. The summed E-state index contributed by atoms with van der Waals surface area (Å²) in [6.45, 7) is 3.86. The van der Waals surface area contributed by atoms with E-state index in [2.05, 4.69) is 29.4 Å². The van der Waals surface area contributed by atoms with E-state index in [9.17, 15) is 0 Å². The van der Waals surface area contributed by atoms with E-state index in [1.807, 2.05) is 44.2 Å². The maximum absolute atomic E-state index is 8.63. The molecular weight excluding hydrogens is 262 g/mol. The Hall–Kier alpha value is -2.29. The maximum atomic E-state index is 8.63. The second-order valence-corrected chi connectivity index (χ2v) is 5.15. The monoisotopic (exact) mass is 283 g/mol. The quantitative estimate of drug-likeness (QED) is 0.478.